The molecule has 0 heterocycles. The number of hydrogen-bond acceptors (Lipinski definition) is 2. The largest absolute Gasteiger partial charge is 0.316 e. The lowest BCUT2D eigenvalue weighted by atomic mass is 10.8. The predicted octanol–water partition coefficient (Wildman–Crippen LogP) is -1.98. The highest BCUT2D eigenvalue weighted by Gasteiger charge is 1.16. The van der Waals surface area contributed by atoms with Gasteiger partial charge in [0.05, 0.1) is 8.41 Å². The molecule has 0 saturated carbocycles. The molecule has 0 aromatic heterocycles. The molecule has 0 fully saturated rings. The summed E-state index contributed by atoms with van der Waals surface area (Å²) in [7, 11) is 0. The summed E-state index contributed by atoms with van der Waals surface area (Å²) in [6.07, 6.45) is 0. The van der Waals surface area contributed by atoms with Crippen molar-refractivity contribution < 1.29 is 0 Å². The van der Waals surface area contributed by atoms with Crippen molar-refractivity contribution in [3.8, 4) is 0 Å². The summed E-state index contributed by atoms with van der Waals surface area (Å²) in [5.74, 6) is 0. The molecule has 0 aliphatic rings. The number of rotatable bonds is 0. The molecular weight excluding hydrogens is 77.1 g/mol. The van der Waals surface area contributed by atoms with Gasteiger partial charge in [-0.25, -0.2) is 0 Å². The van der Waals surface area contributed by atoms with Crippen LogP contribution in [0.15, 0.2) is 0 Å². The molecular formula is H7BMgN3+. The highest BCUT2D eigenvalue weighted by atomic mass is 24.3. The van der Waals surface area contributed by atoms with E-state index in [1.54, 1.807) is 0 Å². The Morgan fingerprint density at radius 2 is 1.20 bits per heavy atom. The average molecular weight is 84.2 g/mol. The maximum absolute atomic E-state index is 5.50. The molecule has 0 aromatic rings. The Bertz CT molecular complexity index is 27.9. The summed E-state index contributed by atoms with van der Waals surface area (Å²) in [6, 6.07) is 0. The molecule has 0 amide bonds. The molecule has 0 unspecified atom stereocenters. The first-order chi connectivity index (χ1) is 1.41. The van der Waals surface area contributed by atoms with E-state index < -0.39 is 0 Å². The van der Waals surface area contributed by atoms with Crippen molar-refractivity contribution in [3.05, 3.63) is 0 Å². The topological polar surface area (TPSA) is 61.8 Å². The van der Waals surface area contributed by atoms with Gasteiger partial charge in [-0.2, -0.15) is 0 Å². The lowest BCUT2D eigenvalue weighted by Gasteiger charge is -0.844. The van der Waals surface area contributed by atoms with Crippen molar-refractivity contribution >= 4 is 31.5 Å². The summed E-state index contributed by atoms with van der Waals surface area (Å²) >= 11 is 0. The second kappa shape index (κ2) is 31.4. The molecule has 0 aliphatic carbocycles. The Labute approximate surface area is 47.9 Å². The van der Waals surface area contributed by atoms with E-state index in [1.165, 1.54) is 0 Å². The summed E-state index contributed by atoms with van der Waals surface area (Å²) in [4.78, 5) is 2.00. The molecule has 0 radical (unpaired) electrons. The van der Waals surface area contributed by atoms with E-state index in [2.05, 4.69) is 0 Å². The van der Waals surface area contributed by atoms with Gasteiger partial charge in [-0.3, -0.25) is 0 Å². The lowest BCUT2D eigenvalue weighted by molar-refractivity contribution is 0.928. The second-order valence-corrected chi connectivity index (χ2v) is 0.112. The predicted molar refractivity (Wildman–Crippen MR) is 26.1 cm³/mol. The van der Waals surface area contributed by atoms with Crippen LogP contribution in [0.5, 0.6) is 0 Å². The summed E-state index contributed by atoms with van der Waals surface area (Å²) in [6.45, 7) is 0. The van der Waals surface area contributed by atoms with Gasteiger partial charge in [0.15, 0.2) is 0 Å². The van der Waals surface area contributed by atoms with Crippen molar-refractivity contribution in [1.29, 1.82) is 11.1 Å². The third-order valence-electron chi connectivity index (χ3n) is 0. The Kier molecular flexibility index (Phi) is 121. The van der Waals surface area contributed by atoms with E-state index >= 15 is 0 Å². The standard InChI is InChI=1S/BH3.Mg.H2N3.2H/c;;1-3-2;;/h1H3;;1-2H;;/q;;+1;;. The van der Waals surface area contributed by atoms with Crippen LogP contribution in [0.4, 0.5) is 0 Å². The molecule has 5 heteroatoms. The summed E-state index contributed by atoms with van der Waals surface area (Å²) in [5, 5.41) is 0. The van der Waals surface area contributed by atoms with Crippen LogP contribution in [0.2, 0.25) is 0 Å². The van der Waals surface area contributed by atoms with Gasteiger partial charge in [0.1, 0.15) is 11.1 Å². The number of hydrogen-bond donors (Lipinski definition) is 2. The minimum absolute atomic E-state index is 0. The zero-order chi connectivity index (χ0) is 2.71. The fourth-order valence-corrected chi connectivity index (χ4v) is 0. The van der Waals surface area contributed by atoms with Gasteiger partial charge in [-0.15, -0.1) is 0 Å². The fourth-order valence-electron chi connectivity index (χ4n) is 0. The van der Waals surface area contributed by atoms with Crippen molar-refractivity contribution in [1.82, 2.24) is 4.91 Å². The van der Waals surface area contributed by atoms with Crippen LogP contribution in [-0.2, 0) is 0 Å². The maximum atomic E-state index is 5.50. The summed E-state index contributed by atoms with van der Waals surface area (Å²) < 4.78 is 0. The lowest BCUT2D eigenvalue weighted by Crippen LogP contribution is -1.24. The fraction of sp³-hybridized carbons (Fsp3) is 0. The molecule has 5 heavy (non-hydrogen) atoms. The Morgan fingerprint density at radius 1 is 1.20 bits per heavy atom. The van der Waals surface area contributed by atoms with Gasteiger partial charge in [0, 0.05) is 0 Å². The average Bonchev–Trinajstić information content (AvgIpc) is 0.918. The molecule has 0 aliphatic heterocycles. The van der Waals surface area contributed by atoms with Gasteiger partial charge in [0.2, 0.25) is 4.91 Å². The van der Waals surface area contributed by atoms with E-state index in [-0.39, 0.29) is 31.5 Å². The molecule has 3 nitrogen and oxygen atoms in total. The van der Waals surface area contributed by atoms with Crippen molar-refractivity contribution in [2.45, 2.75) is 0 Å². The van der Waals surface area contributed by atoms with E-state index in [9.17, 15) is 0 Å². The highest BCUT2D eigenvalue weighted by Crippen LogP contribution is 0.841. The molecule has 0 aromatic carbocycles. The smallest absolute Gasteiger partial charge is 0.0814 e. The molecule has 0 bridgehead atoms. The van der Waals surface area contributed by atoms with E-state index in [0.717, 1.165) is 0 Å². The number of nitrogens with zero attached hydrogens (tertiary/aromatic N) is 1. The first-order valence-corrected chi connectivity index (χ1v) is 0.447. The van der Waals surface area contributed by atoms with Gasteiger partial charge in [0.25, 0.3) is 0 Å². The van der Waals surface area contributed by atoms with E-state index in [4.69, 9.17) is 11.1 Å². The van der Waals surface area contributed by atoms with Crippen LogP contribution < -0.4 is 4.91 Å². The normalized spacial score (nSPS) is 1.60. The van der Waals surface area contributed by atoms with E-state index in [0.29, 0.717) is 0 Å². The Hall–Kier alpha value is 0.141. The summed E-state index contributed by atoms with van der Waals surface area (Å²) in [5.41, 5.74) is 11.0. The molecule has 0 saturated heterocycles. The van der Waals surface area contributed by atoms with Crippen LogP contribution in [0.1, 0.15) is 0 Å². The van der Waals surface area contributed by atoms with Crippen molar-refractivity contribution in [2.75, 3.05) is 0 Å². The minimum atomic E-state index is 0. The van der Waals surface area contributed by atoms with Gasteiger partial charge in [-0.05, 0) is 0 Å². The Balaban J connectivity index is -0.0000000200. The SMILES string of the molecule is B.N=[N+]=N.[MgH2]. The zero-order valence-electron chi connectivity index (χ0n) is 1.45. The first kappa shape index (κ1) is 19.2. The highest BCUT2D eigenvalue weighted by molar-refractivity contribution is 5.76. The van der Waals surface area contributed by atoms with Crippen molar-refractivity contribution in [2.24, 2.45) is 0 Å². The Morgan fingerprint density at radius 3 is 1.20 bits per heavy atom. The van der Waals surface area contributed by atoms with Crippen molar-refractivity contribution in [3.63, 3.8) is 0 Å². The molecule has 0 rings (SSSR count). The number of nitrogens with one attached hydrogen (secondary N) is 2. The maximum Gasteiger partial charge on any atom is 0.316 e. The molecule has 26 valence electrons. The van der Waals surface area contributed by atoms with Crippen LogP contribution >= 0.6 is 0 Å². The molecule has 0 atom stereocenters. The van der Waals surface area contributed by atoms with Gasteiger partial charge in [-0.1, -0.05) is 0 Å². The monoisotopic (exact) mass is 84.1 g/mol. The van der Waals surface area contributed by atoms with Crippen LogP contribution in [-0.4, -0.2) is 31.5 Å². The van der Waals surface area contributed by atoms with Crippen LogP contribution in [0.25, 0.3) is 0 Å². The zero-order valence-corrected chi connectivity index (χ0v) is 1.45. The quantitative estimate of drug-likeness (QED) is 0.194. The third kappa shape index (κ3) is 953. The van der Waals surface area contributed by atoms with E-state index in [1.807, 2.05) is 4.91 Å². The second-order valence-electron chi connectivity index (χ2n) is 0.112. The third-order valence-corrected chi connectivity index (χ3v) is 0. The first-order valence-electron chi connectivity index (χ1n) is 0.447. The molecule has 0 spiro atoms. The minimum Gasteiger partial charge on any atom is 0.0814 e. The van der Waals surface area contributed by atoms with Gasteiger partial charge < -0.3 is 0 Å². The van der Waals surface area contributed by atoms with Crippen LogP contribution in [0, 0.1) is 11.1 Å². The van der Waals surface area contributed by atoms with Gasteiger partial charge >= 0.3 is 23.1 Å². The molecule has 2 N–H and O–H groups in total. The van der Waals surface area contributed by atoms with Crippen LogP contribution in [0.3, 0.4) is 0 Å².